The minimum Gasteiger partial charge on any atom is -0.478 e. The predicted octanol–water partition coefficient (Wildman–Crippen LogP) is 2.50. The molecule has 0 aliphatic carbocycles. The molecule has 2 aromatic rings. The molecule has 0 bridgehead atoms. The SMILES string of the molecule is O=C(O)c1cnc(NCc2cscn2)c(Cl)c1. The van der Waals surface area contributed by atoms with E-state index < -0.39 is 5.97 Å². The van der Waals surface area contributed by atoms with Crippen molar-refractivity contribution >= 4 is 34.7 Å². The zero-order valence-corrected chi connectivity index (χ0v) is 10.1. The third kappa shape index (κ3) is 2.92. The maximum absolute atomic E-state index is 10.7. The standard InChI is InChI=1S/C10H8ClN3O2S/c11-8-1-6(10(15)16)2-12-9(8)13-3-7-4-17-5-14-7/h1-2,4-5H,3H2,(H,12,13)(H,15,16). The van der Waals surface area contributed by atoms with Gasteiger partial charge in [0.2, 0.25) is 0 Å². The molecule has 0 aromatic carbocycles. The van der Waals surface area contributed by atoms with E-state index in [4.69, 9.17) is 16.7 Å². The second-order valence-electron chi connectivity index (χ2n) is 3.19. The molecule has 88 valence electrons. The molecule has 2 rings (SSSR count). The molecule has 0 fully saturated rings. The maximum Gasteiger partial charge on any atom is 0.337 e. The first-order valence-corrected chi connectivity index (χ1v) is 5.98. The lowest BCUT2D eigenvalue weighted by Gasteiger charge is -2.06. The number of halogens is 1. The summed E-state index contributed by atoms with van der Waals surface area (Å²) >= 11 is 7.41. The van der Waals surface area contributed by atoms with Crippen molar-refractivity contribution in [3.8, 4) is 0 Å². The van der Waals surface area contributed by atoms with Crippen LogP contribution in [0.25, 0.3) is 0 Å². The summed E-state index contributed by atoms with van der Waals surface area (Å²) in [6.07, 6.45) is 1.26. The maximum atomic E-state index is 10.7. The number of aromatic nitrogens is 2. The van der Waals surface area contributed by atoms with Crippen molar-refractivity contribution in [1.29, 1.82) is 0 Å². The molecule has 2 aromatic heterocycles. The van der Waals surface area contributed by atoms with E-state index in [9.17, 15) is 4.79 Å². The Morgan fingerprint density at radius 1 is 1.53 bits per heavy atom. The highest BCUT2D eigenvalue weighted by Gasteiger charge is 2.08. The lowest BCUT2D eigenvalue weighted by Crippen LogP contribution is -2.04. The zero-order valence-electron chi connectivity index (χ0n) is 8.55. The van der Waals surface area contributed by atoms with Crippen molar-refractivity contribution in [3.05, 3.63) is 39.4 Å². The van der Waals surface area contributed by atoms with E-state index in [0.717, 1.165) is 5.69 Å². The van der Waals surface area contributed by atoms with Crippen molar-refractivity contribution in [2.45, 2.75) is 6.54 Å². The number of nitrogens with one attached hydrogen (secondary N) is 1. The van der Waals surface area contributed by atoms with E-state index in [-0.39, 0.29) is 10.6 Å². The van der Waals surface area contributed by atoms with Gasteiger partial charge in [-0.05, 0) is 6.07 Å². The molecule has 2 heterocycles. The molecule has 0 unspecified atom stereocenters. The topological polar surface area (TPSA) is 75.1 Å². The summed E-state index contributed by atoms with van der Waals surface area (Å²) in [5.74, 6) is -0.602. The molecular formula is C10H8ClN3O2S. The van der Waals surface area contributed by atoms with Crippen LogP contribution in [0, 0.1) is 0 Å². The number of nitrogens with zero attached hydrogens (tertiary/aromatic N) is 2. The Balaban J connectivity index is 2.09. The number of rotatable bonds is 4. The molecule has 0 radical (unpaired) electrons. The summed E-state index contributed by atoms with van der Waals surface area (Å²) in [4.78, 5) is 18.7. The highest BCUT2D eigenvalue weighted by molar-refractivity contribution is 7.07. The quantitative estimate of drug-likeness (QED) is 0.892. The molecule has 0 aliphatic rings. The van der Waals surface area contributed by atoms with E-state index in [2.05, 4.69) is 15.3 Å². The second-order valence-corrected chi connectivity index (χ2v) is 4.32. The van der Waals surface area contributed by atoms with Gasteiger partial charge in [0, 0.05) is 11.6 Å². The molecule has 0 saturated heterocycles. The summed E-state index contributed by atoms with van der Waals surface area (Å²) < 4.78 is 0. The van der Waals surface area contributed by atoms with Gasteiger partial charge in [-0.3, -0.25) is 0 Å². The highest BCUT2D eigenvalue weighted by Crippen LogP contribution is 2.20. The third-order valence-electron chi connectivity index (χ3n) is 2.01. The number of hydrogen-bond donors (Lipinski definition) is 2. The molecule has 7 heteroatoms. The Kier molecular flexibility index (Phi) is 3.55. The van der Waals surface area contributed by atoms with Crippen LogP contribution in [0.1, 0.15) is 16.1 Å². The number of thiazole rings is 1. The number of carboxylic acid groups (broad SMARTS) is 1. The smallest absolute Gasteiger partial charge is 0.337 e. The number of aromatic carboxylic acids is 1. The average Bonchev–Trinajstić information content (AvgIpc) is 2.80. The van der Waals surface area contributed by atoms with Gasteiger partial charge >= 0.3 is 5.97 Å². The van der Waals surface area contributed by atoms with E-state index in [0.29, 0.717) is 12.4 Å². The van der Waals surface area contributed by atoms with E-state index in [1.54, 1.807) is 5.51 Å². The van der Waals surface area contributed by atoms with Crippen molar-refractivity contribution in [3.63, 3.8) is 0 Å². The fourth-order valence-electron chi connectivity index (χ4n) is 1.18. The Hall–Kier alpha value is -1.66. The van der Waals surface area contributed by atoms with Crippen LogP contribution in [-0.4, -0.2) is 21.0 Å². The van der Waals surface area contributed by atoms with E-state index in [1.165, 1.54) is 23.6 Å². The Morgan fingerprint density at radius 3 is 2.94 bits per heavy atom. The molecular weight excluding hydrogens is 262 g/mol. The number of carbonyl (C=O) groups is 1. The van der Waals surface area contributed by atoms with Gasteiger partial charge in [0.1, 0.15) is 5.82 Å². The Morgan fingerprint density at radius 2 is 2.35 bits per heavy atom. The van der Waals surface area contributed by atoms with Crippen molar-refractivity contribution < 1.29 is 9.90 Å². The molecule has 0 spiro atoms. The van der Waals surface area contributed by atoms with Crippen LogP contribution in [0.5, 0.6) is 0 Å². The van der Waals surface area contributed by atoms with Gasteiger partial charge in [-0.1, -0.05) is 11.6 Å². The first kappa shape index (κ1) is 11.8. The van der Waals surface area contributed by atoms with Crippen LogP contribution >= 0.6 is 22.9 Å². The van der Waals surface area contributed by atoms with Crippen LogP contribution in [0.15, 0.2) is 23.2 Å². The molecule has 17 heavy (non-hydrogen) atoms. The van der Waals surface area contributed by atoms with Gasteiger partial charge in [0.25, 0.3) is 0 Å². The van der Waals surface area contributed by atoms with Crippen LogP contribution in [0.2, 0.25) is 5.02 Å². The molecule has 2 N–H and O–H groups in total. The van der Waals surface area contributed by atoms with E-state index in [1.807, 2.05) is 5.38 Å². The van der Waals surface area contributed by atoms with Gasteiger partial charge < -0.3 is 10.4 Å². The van der Waals surface area contributed by atoms with Gasteiger partial charge in [0.15, 0.2) is 0 Å². The summed E-state index contributed by atoms with van der Waals surface area (Å²) in [5, 5.41) is 13.9. The molecule has 5 nitrogen and oxygen atoms in total. The monoisotopic (exact) mass is 269 g/mol. The van der Waals surface area contributed by atoms with Crippen molar-refractivity contribution in [2.75, 3.05) is 5.32 Å². The minimum absolute atomic E-state index is 0.0641. The summed E-state index contributed by atoms with van der Waals surface area (Å²) in [5.41, 5.74) is 2.68. The van der Waals surface area contributed by atoms with Crippen LogP contribution in [0.4, 0.5) is 5.82 Å². The number of hydrogen-bond acceptors (Lipinski definition) is 5. The summed E-state index contributed by atoms with van der Waals surface area (Å²) in [6, 6.07) is 1.36. The van der Waals surface area contributed by atoms with Crippen LogP contribution in [-0.2, 0) is 6.54 Å². The van der Waals surface area contributed by atoms with Gasteiger partial charge in [-0.15, -0.1) is 11.3 Å². The fourth-order valence-corrected chi connectivity index (χ4v) is 1.98. The molecule has 0 amide bonds. The van der Waals surface area contributed by atoms with Crippen molar-refractivity contribution in [1.82, 2.24) is 9.97 Å². The summed E-state index contributed by atoms with van der Waals surface area (Å²) in [7, 11) is 0. The lowest BCUT2D eigenvalue weighted by atomic mass is 10.3. The largest absolute Gasteiger partial charge is 0.478 e. The van der Waals surface area contributed by atoms with Crippen molar-refractivity contribution in [2.24, 2.45) is 0 Å². The lowest BCUT2D eigenvalue weighted by molar-refractivity contribution is 0.0696. The first-order valence-electron chi connectivity index (χ1n) is 4.66. The predicted molar refractivity (Wildman–Crippen MR) is 65.6 cm³/mol. The number of carboxylic acids is 1. The Labute approximate surface area is 106 Å². The Bertz CT molecular complexity index is 530. The van der Waals surface area contributed by atoms with E-state index >= 15 is 0 Å². The molecule has 0 atom stereocenters. The van der Waals surface area contributed by atoms with Gasteiger partial charge in [-0.2, -0.15) is 0 Å². The van der Waals surface area contributed by atoms with Gasteiger partial charge in [0.05, 0.1) is 28.3 Å². The highest BCUT2D eigenvalue weighted by atomic mass is 35.5. The molecule has 0 saturated carbocycles. The first-order chi connectivity index (χ1) is 8.16. The summed E-state index contributed by atoms with van der Waals surface area (Å²) in [6.45, 7) is 0.503. The number of pyridine rings is 1. The molecule has 0 aliphatic heterocycles. The average molecular weight is 270 g/mol. The fraction of sp³-hybridized carbons (Fsp3) is 0.100. The zero-order chi connectivity index (χ0) is 12.3. The van der Waals surface area contributed by atoms with Gasteiger partial charge in [-0.25, -0.2) is 14.8 Å². The number of anilines is 1. The normalized spacial score (nSPS) is 10.2. The second kappa shape index (κ2) is 5.11. The minimum atomic E-state index is -1.05. The van der Waals surface area contributed by atoms with Crippen LogP contribution < -0.4 is 5.32 Å². The third-order valence-corrected chi connectivity index (χ3v) is 2.93. The van der Waals surface area contributed by atoms with Crippen LogP contribution in [0.3, 0.4) is 0 Å².